The van der Waals surface area contributed by atoms with E-state index in [0.29, 0.717) is 13.0 Å². The highest BCUT2D eigenvalue weighted by molar-refractivity contribution is 5.73. The lowest BCUT2D eigenvalue weighted by Gasteiger charge is -2.28. The Balaban J connectivity index is 4.22. The molecule has 1 N–H and O–H groups in total. The van der Waals surface area contributed by atoms with Crippen molar-refractivity contribution in [1.29, 1.82) is 0 Å². The molecule has 15 heavy (non-hydrogen) atoms. The van der Waals surface area contributed by atoms with Gasteiger partial charge in [-0.05, 0) is 25.9 Å². The maximum atomic E-state index is 11.1. The molecule has 0 radical (unpaired) electrons. The minimum atomic E-state index is -0.780. The number of rotatable bonds is 8. The van der Waals surface area contributed by atoms with Gasteiger partial charge >= 0.3 is 5.97 Å². The van der Waals surface area contributed by atoms with Crippen LogP contribution >= 0.6 is 0 Å². The van der Waals surface area contributed by atoms with E-state index in [1.807, 2.05) is 18.7 Å². The first-order chi connectivity index (χ1) is 7.04. The van der Waals surface area contributed by atoms with Crippen LogP contribution in [-0.4, -0.2) is 41.9 Å². The molecule has 2 unspecified atom stereocenters. The summed E-state index contributed by atoms with van der Waals surface area (Å²) in [7, 11) is 1.80. The fraction of sp³-hybridized carbons (Fsp3) is 0.818. The van der Waals surface area contributed by atoms with E-state index >= 15 is 0 Å². The molecule has 88 valence electrons. The third-order valence-electron chi connectivity index (χ3n) is 2.74. The van der Waals surface area contributed by atoms with Gasteiger partial charge in [-0.15, -0.1) is 0 Å². The number of nitrogens with zero attached hydrogens (tertiary/aromatic N) is 1. The molecule has 0 saturated heterocycles. The number of carbonyl (C=O) groups excluding carboxylic acids is 1. The van der Waals surface area contributed by atoms with Crippen LogP contribution in [0.2, 0.25) is 0 Å². The number of carbonyl (C=O) groups is 2. The van der Waals surface area contributed by atoms with Gasteiger partial charge < -0.3 is 9.90 Å². The lowest BCUT2D eigenvalue weighted by molar-refractivity contribution is -0.144. The lowest BCUT2D eigenvalue weighted by atomic mass is 9.98. The fourth-order valence-electron chi connectivity index (χ4n) is 1.65. The average Bonchev–Trinajstić information content (AvgIpc) is 2.17. The number of carboxylic acids is 1. The highest BCUT2D eigenvalue weighted by Gasteiger charge is 2.27. The van der Waals surface area contributed by atoms with Crippen LogP contribution in [0.3, 0.4) is 0 Å². The highest BCUT2D eigenvalue weighted by Crippen LogP contribution is 2.14. The molecule has 0 saturated carbocycles. The zero-order valence-corrected chi connectivity index (χ0v) is 9.77. The minimum Gasteiger partial charge on any atom is -0.480 e. The van der Waals surface area contributed by atoms with Crippen molar-refractivity contribution in [3.8, 4) is 0 Å². The number of hydrogen-bond donors (Lipinski definition) is 1. The van der Waals surface area contributed by atoms with Crippen molar-refractivity contribution in [2.24, 2.45) is 5.92 Å². The van der Waals surface area contributed by atoms with E-state index in [2.05, 4.69) is 0 Å². The Morgan fingerprint density at radius 1 is 1.53 bits per heavy atom. The van der Waals surface area contributed by atoms with Crippen molar-refractivity contribution in [2.45, 2.75) is 39.2 Å². The second kappa shape index (κ2) is 7.40. The summed E-state index contributed by atoms with van der Waals surface area (Å²) in [5.41, 5.74) is 0. The number of aldehydes is 1. The zero-order valence-electron chi connectivity index (χ0n) is 9.77. The zero-order chi connectivity index (χ0) is 11.8. The summed E-state index contributed by atoms with van der Waals surface area (Å²) < 4.78 is 0. The molecule has 0 aliphatic heterocycles. The predicted molar refractivity (Wildman–Crippen MR) is 58.8 cm³/mol. The summed E-state index contributed by atoms with van der Waals surface area (Å²) in [6.45, 7) is 4.58. The van der Waals surface area contributed by atoms with E-state index in [-0.39, 0.29) is 5.92 Å². The van der Waals surface area contributed by atoms with Crippen LogP contribution < -0.4 is 0 Å². The number of unbranched alkanes of at least 4 members (excludes halogenated alkanes) is 1. The molecule has 0 amide bonds. The lowest BCUT2D eigenvalue weighted by Crippen LogP contribution is -2.43. The monoisotopic (exact) mass is 215 g/mol. The van der Waals surface area contributed by atoms with Crippen molar-refractivity contribution >= 4 is 12.3 Å². The maximum Gasteiger partial charge on any atom is 0.321 e. The molecule has 0 aliphatic rings. The van der Waals surface area contributed by atoms with Gasteiger partial charge in [-0.2, -0.15) is 0 Å². The third kappa shape index (κ3) is 4.93. The van der Waals surface area contributed by atoms with Gasteiger partial charge in [0, 0.05) is 6.42 Å². The van der Waals surface area contributed by atoms with E-state index in [9.17, 15) is 9.59 Å². The summed E-state index contributed by atoms with van der Waals surface area (Å²) in [5.74, 6) is -0.651. The summed E-state index contributed by atoms with van der Waals surface area (Å²) in [6, 6.07) is -0.443. The minimum absolute atomic E-state index is 0.128. The van der Waals surface area contributed by atoms with Gasteiger partial charge in [0.1, 0.15) is 12.3 Å². The molecule has 0 aromatic carbocycles. The number of aliphatic carboxylic acids is 1. The molecular weight excluding hydrogens is 194 g/mol. The molecule has 0 bridgehead atoms. The molecule has 0 rings (SSSR count). The molecule has 0 fully saturated rings. The van der Waals surface area contributed by atoms with Gasteiger partial charge in [0.2, 0.25) is 0 Å². The Morgan fingerprint density at radius 3 is 2.53 bits per heavy atom. The first-order valence-corrected chi connectivity index (χ1v) is 5.41. The smallest absolute Gasteiger partial charge is 0.321 e. The Morgan fingerprint density at radius 2 is 2.13 bits per heavy atom. The van der Waals surface area contributed by atoms with Crippen LogP contribution in [0.25, 0.3) is 0 Å². The molecule has 0 aliphatic carbocycles. The maximum absolute atomic E-state index is 11.1. The fourth-order valence-corrected chi connectivity index (χ4v) is 1.65. The Labute approximate surface area is 91.3 Å². The Bertz CT molecular complexity index is 206. The standard InChI is InChI=1S/C11H21NO3/c1-4-9(2)10(11(14)15)12(3)7-5-6-8-13/h8-10H,4-7H2,1-3H3,(H,14,15). The molecule has 4 heteroatoms. The van der Waals surface area contributed by atoms with E-state index in [1.54, 1.807) is 7.05 Å². The first-order valence-electron chi connectivity index (χ1n) is 5.41. The van der Waals surface area contributed by atoms with Crippen LogP contribution in [-0.2, 0) is 9.59 Å². The van der Waals surface area contributed by atoms with Crippen molar-refractivity contribution < 1.29 is 14.7 Å². The van der Waals surface area contributed by atoms with E-state index in [0.717, 1.165) is 19.1 Å². The van der Waals surface area contributed by atoms with Crippen LogP contribution in [0, 0.1) is 5.92 Å². The molecular formula is C11H21NO3. The van der Waals surface area contributed by atoms with Gasteiger partial charge in [0.05, 0.1) is 0 Å². The van der Waals surface area contributed by atoms with Crippen LogP contribution in [0.4, 0.5) is 0 Å². The van der Waals surface area contributed by atoms with E-state index in [4.69, 9.17) is 5.11 Å². The Hall–Kier alpha value is -0.900. The predicted octanol–water partition coefficient (Wildman–Crippen LogP) is 1.40. The van der Waals surface area contributed by atoms with Crippen LogP contribution in [0.5, 0.6) is 0 Å². The molecule has 0 heterocycles. The summed E-state index contributed by atoms with van der Waals surface area (Å²) in [6.07, 6.45) is 2.93. The summed E-state index contributed by atoms with van der Waals surface area (Å²) >= 11 is 0. The summed E-state index contributed by atoms with van der Waals surface area (Å²) in [4.78, 5) is 23.0. The van der Waals surface area contributed by atoms with Crippen LogP contribution in [0.1, 0.15) is 33.1 Å². The van der Waals surface area contributed by atoms with Crippen molar-refractivity contribution in [3.05, 3.63) is 0 Å². The van der Waals surface area contributed by atoms with Crippen LogP contribution in [0.15, 0.2) is 0 Å². The normalized spacial score (nSPS) is 14.9. The second-order valence-electron chi connectivity index (χ2n) is 3.96. The quantitative estimate of drug-likeness (QED) is 0.491. The number of hydrogen-bond acceptors (Lipinski definition) is 3. The second-order valence-corrected chi connectivity index (χ2v) is 3.96. The van der Waals surface area contributed by atoms with Gasteiger partial charge in [-0.1, -0.05) is 20.3 Å². The van der Waals surface area contributed by atoms with Crippen molar-refractivity contribution in [2.75, 3.05) is 13.6 Å². The largest absolute Gasteiger partial charge is 0.480 e. The molecule has 4 nitrogen and oxygen atoms in total. The van der Waals surface area contributed by atoms with E-state index < -0.39 is 12.0 Å². The molecule has 2 atom stereocenters. The van der Waals surface area contributed by atoms with Crippen molar-refractivity contribution in [1.82, 2.24) is 4.90 Å². The molecule has 0 spiro atoms. The van der Waals surface area contributed by atoms with Gasteiger partial charge in [0.25, 0.3) is 0 Å². The van der Waals surface area contributed by atoms with Gasteiger partial charge in [0.15, 0.2) is 0 Å². The number of likely N-dealkylation sites (N-methyl/N-ethyl adjacent to an activating group) is 1. The number of carboxylic acid groups (broad SMARTS) is 1. The van der Waals surface area contributed by atoms with Gasteiger partial charge in [-0.25, -0.2) is 0 Å². The highest BCUT2D eigenvalue weighted by atomic mass is 16.4. The summed E-state index contributed by atoms with van der Waals surface area (Å²) in [5, 5.41) is 9.09. The first kappa shape index (κ1) is 14.1. The topological polar surface area (TPSA) is 57.6 Å². The molecule has 0 aromatic rings. The average molecular weight is 215 g/mol. The van der Waals surface area contributed by atoms with Gasteiger partial charge in [-0.3, -0.25) is 9.69 Å². The van der Waals surface area contributed by atoms with E-state index in [1.165, 1.54) is 0 Å². The Kier molecular flexibility index (Phi) is 6.96. The third-order valence-corrected chi connectivity index (χ3v) is 2.74. The molecule has 0 aromatic heterocycles. The SMILES string of the molecule is CCC(C)C(C(=O)O)N(C)CCCC=O. The van der Waals surface area contributed by atoms with Crippen molar-refractivity contribution in [3.63, 3.8) is 0 Å².